The van der Waals surface area contributed by atoms with Crippen molar-refractivity contribution in [1.82, 2.24) is 0 Å². The molecular weight excluding hydrogens is 246 g/mol. The van der Waals surface area contributed by atoms with Crippen LogP contribution in [0.2, 0.25) is 10.0 Å². The SMILES string of the molecule is NN=Cc1c(Cl)c(F)cc(C(=O)O)c1Cl. The topological polar surface area (TPSA) is 75.7 Å². The van der Waals surface area contributed by atoms with E-state index in [1.807, 2.05) is 0 Å². The van der Waals surface area contributed by atoms with Gasteiger partial charge in [0.1, 0.15) is 5.82 Å². The van der Waals surface area contributed by atoms with Crippen LogP contribution in [0.1, 0.15) is 15.9 Å². The molecule has 4 nitrogen and oxygen atoms in total. The zero-order valence-electron chi connectivity index (χ0n) is 7.17. The molecule has 0 fully saturated rings. The molecule has 1 rings (SSSR count). The van der Waals surface area contributed by atoms with Gasteiger partial charge in [0, 0.05) is 5.56 Å². The normalized spacial score (nSPS) is 10.9. The number of aromatic carboxylic acids is 1. The highest BCUT2D eigenvalue weighted by Crippen LogP contribution is 2.29. The number of carbonyl (C=O) groups is 1. The summed E-state index contributed by atoms with van der Waals surface area (Å²) in [6, 6.07) is 0.737. The third-order valence-electron chi connectivity index (χ3n) is 1.62. The minimum absolute atomic E-state index is 0.0572. The lowest BCUT2D eigenvalue weighted by molar-refractivity contribution is 0.0696. The molecule has 0 spiro atoms. The Morgan fingerprint density at radius 2 is 2.13 bits per heavy atom. The van der Waals surface area contributed by atoms with Gasteiger partial charge in [-0.1, -0.05) is 23.2 Å². The summed E-state index contributed by atoms with van der Waals surface area (Å²) in [5.74, 6) is 2.60. The van der Waals surface area contributed by atoms with E-state index in [-0.39, 0.29) is 15.6 Å². The van der Waals surface area contributed by atoms with Crippen molar-refractivity contribution in [2.45, 2.75) is 0 Å². The highest BCUT2D eigenvalue weighted by Gasteiger charge is 2.18. The lowest BCUT2D eigenvalue weighted by atomic mass is 10.1. The molecule has 1 aromatic rings. The Morgan fingerprint density at radius 1 is 1.53 bits per heavy atom. The number of carboxylic acids is 1. The van der Waals surface area contributed by atoms with Crippen molar-refractivity contribution in [2.24, 2.45) is 10.9 Å². The summed E-state index contributed by atoms with van der Waals surface area (Å²) in [7, 11) is 0. The molecule has 0 aliphatic heterocycles. The van der Waals surface area contributed by atoms with E-state index in [2.05, 4.69) is 5.10 Å². The highest BCUT2D eigenvalue weighted by molar-refractivity contribution is 6.40. The van der Waals surface area contributed by atoms with E-state index in [0.717, 1.165) is 12.3 Å². The second-order valence-electron chi connectivity index (χ2n) is 2.53. The highest BCUT2D eigenvalue weighted by atomic mass is 35.5. The Kier molecular flexibility index (Phi) is 3.49. The Bertz CT molecular complexity index is 449. The fourth-order valence-electron chi connectivity index (χ4n) is 0.967. The molecule has 3 N–H and O–H groups in total. The number of nitrogens with zero attached hydrogens (tertiary/aromatic N) is 1. The van der Waals surface area contributed by atoms with Crippen LogP contribution in [0.5, 0.6) is 0 Å². The van der Waals surface area contributed by atoms with Crippen molar-refractivity contribution in [2.75, 3.05) is 0 Å². The molecule has 15 heavy (non-hydrogen) atoms. The van der Waals surface area contributed by atoms with Gasteiger partial charge in [-0.05, 0) is 6.07 Å². The van der Waals surface area contributed by atoms with Crippen LogP contribution in [0.15, 0.2) is 11.2 Å². The van der Waals surface area contributed by atoms with Gasteiger partial charge in [0.25, 0.3) is 0 Å². The molecule has 0 aliphatic rings. The van der Waals surface area contributed by atoms with Crippen LogP contribution in [-0.2, 0) is 0 Å². The summed E-state index contributed by atoms with van der Waals surface area (Å²) in [5.41, 5.74) is -0.452. The predicted molar refractivity (Wildman–Crippen MR) is 55.2 cm³/mol. The molecule has 0 aliphatic carbocycles. The van der Waals surface area contributed by atoms with Gasteiger partial charge in [-0.25, -0.2) is 9.18 Å². The fraction of sp³-hybridized carbons (Fsp3) is 0. The molecule has 0 atom stereocenters. The zero-order valence-corrected chi connectivity index (χ0v) is 8.68. The van der Waals surface area contributed by atoms with Crippen molar-refractivity contribution in [3.63, 3.8) is 0 Å². The van der Waals surface area contributed by atoms with Crippen LogP contribution in [-0.4, -0.2) is 17.3 Å². The standard InChI is InChI=1S/C8H5Cl2FN2O2/c9-6-3(8(14)15)1-5(11)7(10)4(6)2-13-12/h1-2H,12H2,(H,14,15). The maximum atomic E-state index is 13.1. The number of benzene rings is 1. The largest absolute Gasteiger partial charge is 0.478 e. The van der Waals surface area contributed by atoms with E-state index >= 15 is 0 Å². The molecule has 0 bridgehead atoms. The average molecular weight is 251 g/mol. The first kappa shape index (κ1) is 11.7. The average Bonchev–Trinajstić information content (AvgIpc) is 2.18. The lowest BCUT2D eigenvalue weighted by Gasteiger charge is -2.05. The van der Waals surface area contributed by atoms with Crippen LogP contribution >= 0.6 is 23.2 Å². The van der Waals surface area contributed by atoms with E-state index < -0.39 is 17.3 Å². The van der Waals surface area contributed by atoms with E-state index in [1.54, 1.807) is 0 Å². The number of hydrogen-bond donors (Lipinski definition) is 2. The summed E-state index contributed by atoms with van der Waals surface area (Å²) in [4.78, 5) is 10.7. The predicted octanol–water partition coefficient (Wildman–Crippen LogP) is 2.12. The Labute approximate surface area is 94.1 Å². The molecule has 0 unspecified atom stereocenters. The fourth-order valence-corrected chi connectivity index (χ4v) is 1.49. The Hall–Kier alpha value is -1.33. The second kappa shape index (κ2) is 4.46. The number of rotatable bonds is 2. The van der Waals surface area contributed by atoms with Gasteiger partial charge in [-0.2, -0.15) is 5.10 Å². The molecular formula is C8H5Cl2FN2O2. The molecule has 0 aromatic heterocycles. The summed E-state index contributed by atoms with van der Waals surface area (Å²) in [6.45, 7) is 0. The number of hydrogen-bond acceptors (Lipinski definition) is 3. The van der Waals surface area contributed by atoms with Gasteiger partial charge in [-0.3, -0.25) is 0 Å². The quantitative estimate of drug-likeness (QED) is 0.366. The summed E-state index contributed by atoms with van der Waals surface area (Å²) in [5, 5.41) is 11.3. The van der Waals surface area contributed by atoms with Gasteiger partial charge in [0.05, 0.1) is 21.8 Å². The van der Waals surface area contributed by atoms with Gasteiger partial charge < -0.3 is 10.9 Å². The second-order valence-corrected chi connectivity index (χ2v) is 3.29. The molecule has 7 heteroatoms. The van der Waals surface area contributed by atoms with Crippen LogP contribution < -0.4 is 5.84 Å². The summed E-state index contributed by atoms with van der Waals surface area (Å²) < 4.78 is 13.1. The van der Waals surface area contributed by atoms with Gasteiger partial charge in [-0.15, -0.1) is 0 Å². The summed E-state index contributed by atoms with van der Waals surface area (Å²) >= 11 is 11.2. The third-order valence-corrected chi connectivity index (χ3v) is 2.42. The molecule has 1 aromatic carbocycles. The first-order valence-electron chi connectivity index (χ1n) is 3.63. The minimum Gasteiger partial charge on any atom is -0.478 e. The van der Waals surface area contributed by atoms with Crippen molar-refractivity contribution >= 4 is 35.4 Å². The smallest absolute Gasteiger partial charge is 0.337 e. The lowest BCUT2D eigenvalue weighted by Crippen LogP contribution is -2.03. The number of nitrogens with two attached hydrogens (primary N) is 1. The molecule has 80 valence electrons. The van der Waals surface area contributed by atoms with Crippen LogP contribution in [0.3, 0.4) is 0 Å². The van der Waals surface area contributed by atoms with Gasteiger partial charge in [0.15, 0.2) is 0 Å². The molecule has 0 amide bonds. The molecule has 0 radical (unpaired) electrons. The number of halogens is 3. The summed E-state index contributed by atoms with van der Waals surface area (Å²) in [6.07, 6.45) is 0.986. The van der Waals surface area contributed by atoms with Crippen LogP contribution in [0, 0.1) is 5.82 Å². The first-order chi connectivity index (χ1) is 6.99. The Balaban J connectivity index is 3.55. The number of hydrazone groups is 1. The van der Waals surface area contributed by atoms with Crippen molar-refractivity contribution in [1.29, 1.82) is 0 Å². The first-order valence-corrected chi connectivity index (χ1v) is 4.38. The number of carboxylic acid groups (broad SMARTS) is 1. The molecule has 0 saturated carbocycles. The zero-order chi connectivity index (χ0) is 11.6. The maximum absolute atomic E-state index is 13.1. The minimum atomic E-state index is -1.36. The maximum Gasteiger partial charge on any atom is 0.337 e. The molecule has 0 saturated heterocycles. The molecule has 0 heterocycles. The van der Waals surface area contributed by atoms with E-state index in [0.29, 0.717) is 0 Å². The third kappa shape index (κ3) is 2.19. The van der Waals surface area contributed by atoms with E-state index in [1.165, 1.54) is 0 Å². The Morgan fingerprint density at radius 3 is 2.60 bits per heavy atom. The monoisotopic (exact) mass is 250 g/mol. The van der Waals surface area contributed by atoms with Gasteiger partial charge in [0.2, 0.25) is 0 Å². The van der Waals surface area contributed by atoms with Crippen molar-refractivity contribution < 1.29 is 14.3 Å². The van der Waals surface area contributed by atoms with E-state index in [9.17, 15) is 9.18 Å². The van der Waals surface area contributed by atoms with Crippen molar-refractivity contribution in [3.05, 3.63) is 33.1 Å². The van der Waals surface area contributed by atoms with Gasteiger partial charge >= 0.3 is 5.97 Å². The van der Waals surface area contributed by atoms with Crippen molar-refractivity contribution in [3.8, 4) is 0 Å². The van der Waals surface area contributed by atoms with Crippen LogP contribution in [0.4, 0.5) is 4.39 Å². The van der Waals surface area contributed by atoms with E-state index in [4.69, 9.17) is 34.2 Å². The van der Waals surface area contributed by atoms with Crippen LogP contribution in [0.25, 0.3) is 0 Å².